The first-order valence-electron chi connectivity index (χ1n) is 8.40. The van der Waals surface area contributed by atoms with Crippen LogP contribution in [0.15, 0.2) is 54.6 Å². The third-order valence-corrected chi connectivity index (χ3v) is 5.39. The number of carbonyl (C=O) groups is 1. The molecule has 0 unspecified atom stereocenters. The van der Waals surface area contributed by atoms with Crippen LogP contribution in [-0.4, -0.2) is 12.7 Å². The highest BCUT2D eigenvalue weighted by Crippen LogP contribution is 2.41. The lowest BCUT2D eigenvalue weighted by molar-refractivity contribution is 0.147. The number of carbonyl (C=O) groups excluding carboxylic acids is 1. The quantitative estimate of drug-likeness (QED) is 0.464. The van der Waals surface area contributed by atoms with Crippen molar-refractivity contribution in [2.45, 2.75) is 13.8 Å². The first-order chi connectivity index (χ1) is 12.1. The number of thiophene rings is 1. The van der Waals surface area contributed by atoms with Crippen LogP contribution < -0.4 is 5.32 Å². The maximum Gasteiger partial charge on any atom is 0.411 e. The molecule has 25 heavy (non-hydrogen) atoms. The van der Waals surface area contributed by atoms with Gasteiger partial charge in [-0.15, -0.1) is 11.3 Å². The van der Waals surface area contributed by atoms with Gasteiger partial charge in [-0.25, -0.2) is 4.79 Å². The summed E-state index contributed by atoms with van der Waals surface area (Å²) in [5.41, 5.74) is 0.792. The van der Waals surface area contributed by atoms with Gasteiger partial charge in [0.25, 0.3) is 0 Å². The lowest BCUT2D eigenvalue weighted by atomic mass is 10.0. The number of ether oxygens (including phenoxy) is 1. The van der Waals surface area contributed by atoms with Gasteiger partial charge in [0.05, 0.1) is 12.3 Å². The molecule has 0 fully saturated rings. The number of amides is 1. The zero-order chi connectivity index (χ0) is 17.4. The second-order valence-corrected chi connectivity index (χ2v) is 7.61. The summed E-state index contributed by atoms with van der Waals surface area (Å²) in [6.07, 6.45) is -0.405. The van der Waals surface area contributed by atoms with E-state index in [0.717, 1.165) is 16.5 Å². The molecule has 3 nitrogen and oxygen atoms in total. The smallest absolute Gasteiger partial charge is 0.411 e. The molecule has 0 aliphatic rings. The summed E-state index contributed by atoms with van der Waals surface area (Å²) in [5, 5.41) is 7.49. The van der Waals surface area contributed by atoms with E-state index in [4.69, 9.17) is 4.74 Å². The maximum atomic E-state index is 12.2. The average Bonchev–Trinajstić information content (AvgIpc) is 2.99. The monoisotopic (exact) mass is 349 g/mol. The molecule has 1 aromatic heterocycles. The lowest BCUT2D eigenvalue weighted by Crippen LogP contribution is -2.16. The first kappa shape index (κ1) is 15.9. The molecule has 0 saturated heterocycles. The Balaban J connectivity index is 1.87. The predicted octanol–water partition coefficient (Wildman–Crippen LogP) is 6.41. The Labute approximate surface area is 150 Å². The first-order valence-corrected chi connectivity index (χ1v) is 9.22. The van der Waals surface area contributed by atoms with Gasteiger partial charge in [0.1, 0.15) is 0 Å². The zero-order valence-electron chi connectivity index (χ0n) is 14.2. The molecular formula is C21H19NO2S. The van der Waals surface area contributed by atoms with E-state index in [1.54, 1.807) is 11.3 Å². The molecule has 0 aliphatic carbocycles. The van der Waals surface area contributed by atoms with Crippen molar-refractivity contribution in [3.8, 4) is 0 Å². The van der Waals surface area contributed by atoms with Crippen molar-refractivity contribution in [1.82, 2.24) is 0 Å². The van der Waals surface area contributed by atoms with Gasteiger partial charge in [0.2, 0.25) is 0 Å². The summed E-state index contributed by atoms with van der Waals surface area (Å²) < 4.78 is 7.79. The van der Waals surface area contributed by atoms with Crippen molar-refractivity contribution >= 4 is 54.1 Å². The third kappa shape index (κ3) is 2.94. The van der Waals surface area contributed by atoms with Gasteiger partial charge in [-0.3, -0.25) is 5.32 Å². The van der Waals surface area contributed by atoms with Crippen LogP contribution in [0, 0.1) is 5.92 Å². The number of nitrogens with one attached hydrogen (secondary N) is 1. The van der Waals surface area contributed by atoms with Crippen molar-refractivity contribution in [2.75, 3.05) is 11.9 Å². The minimum Gasteiger partial charge on any atom is -0.449 e. The molecule has 0 bridgehead atoms. The Kier molecular flexibility index (Phi) is 4.06. The number of rotatable bonds is 3. The Morgan fingerprint density at radius 1 is 1.00 bits per heavy atom. The summed E-state index contributed by atoms with van der Waals surface area (Å²) in [6, 6.07) is 18.6. The van der Waals surface area contributed by atoms with Crippen LogP contribution >= 0.6 is 11.3 Å². The molecule has 4 rings (SSSR count). The topological polar surface area (TPSA) is 38.3 Å². The molecule has 0 radical (unpaired) electrons. The third-order valence-electron chi connectivity index (χ3n) is 4.17. The molecule has 0 saturated carbocycles. The molecule has 0 spiro atoms. The number of hydrogen-bond donors (Lipinski definition) is 1. The van der Waals surface area contributed by atoms with Gasteiger partial charge < -0.3 is 4.74 Å². The summed E-state index contributed by atoms with van der Waals surface area (Å²) in [7, 11) is 0. The minimum atomic E-state index is -0.405. The molecule has 4 aromatic rings. The average molecular weight is 349 g/mol. The molecule has 126 valence electrons. The van der Waals surface area contributed by atoms with Crippen molar-refractivity contribution in [1.29, 1.82) is 0 Å². The lowest BCUT2D eigenvalue weighted by Gasteiger charge is -2.11. The molecule has 4 heteroatoms. The Morgan fingerprint density at radius 3 is 2.44 bits per heavy atom. The number of fused-ring (bicyclic) bond motifs is 5. The van der Waals surface area contributed by atoms with Crippen molar-refractivity contribution in [2.24, 2.45) is 5.92 Å². The SMILES string of the molecule is CC(C)COC(=O)Nc1cc2c3ccccc3sc2c2ccccc12. The number of benzene rings is 3. The van der Waals surface area contributed by atoms with E-state index in [0.29, 0.717) is 12.5 Å². The van der Waals surface area contributed by atoms with Crippen molar-refractivity contribution < 1.29 is 9.53 Å². The zero-order valence-corrected chi connectivity index (χ0v) is 15.0. The van der Waals surface area contributed by atoms with E-state index in [9.17, 15) is 4.79 Å². The highest BCUT2D eigenvalue weighted by atomic mass is 32.1. The second-order valence-electron chi connectivity index (χ2n) is 6.56. The largest absolute Gasteiger partial charge is 0.449 e. The minimum absolute atomic E-state index is 0.311. The molecule has 1 N–H and O–H groups in total. The molecule has 0 aliphatic heterocycles. The van der Waals surface area contributed by atoms with Crippen molar-refractivity contribution in [3.05, 3.63) is 54.6 Å². The summed E-state index contributed by atoms with van der Waals surface area (Å²) in [5.74, 6) is 0.311. The van der Waals surface area contributed by atoms with Crippen LogP contribution in [0.1, 0.15) is 13.8 Å². The maximum absolute atomic E-state index is 12.2. The van der Waals surface area contributed by atoms with Crippen LogP contribution in [0.25, 0.3) is 30.9 Å². The highest BCUT2D eigenvalue weighted by molar-refractivity contribution is 7.26. The molecule has 1 heterocycles. The van der Waals surface area contributed by atoms with Gasteiger partial charge in [0.15, 0.2) is 0 Å². The second kappa shape index (κ2) is 6.37. The van der Waals surface area contributed by atoms with E-state index in [2.05, 4.69) is 35.6 Å². The van der Waals surface area contributed by atoms with E-state index in [1.807, 2.05) is 38.1 Å². The Bertz CT molecular complexity index is 1080. The Morgan fingerprint density at radius 2 is 1.68 bits per heavy atom. The fraction of sp³-hybridized carbons (Fsp3) is 0.190. The van der Waals surface area contributed by atoms with Gasteiger partial charge >= 0.3 is 6.09 Å². The standard InChI is InChI=1S/C21H19NO2S/c1-13(2)12-24-21(23)22-18-11-17-15-8-5-6-10-19(15)25-20(17)16-9-4-3-7-14(16)18/h3-11,13H,12H2,1-2H3,(H,22,23). The molecule has 3 aromatic carbocycles. The number of anilines is 1. The van der Waals surface area contributed by atoms with Gasteiger partial charge in [-0.1, -0.05) is 56.3 Å². The van der Waals surface area contributed by atoms with Crippen LogP contribution in [0.3, 0.4) is 0 Å². The van der Waals surface area contributed by atoms with E-state index in [-0.39, 0.29) is 0 Å². The van der Waals surface area contributed by atoms with E-state index >= 15 is 0 Å². The molecule has 0 atom stereocenters. The molecular weight excluding hydrogens is 330 g/mol. The van der Waals surface area contributed by atoms with Gasteiger partial charge in [-0.05, 0) is 18.1 Å². The summed E-state index contributed by atoms with van der Waals surface area (Å²) in [6.45, 7) is 4.45. The summed E-state index contributed by atoms with van der Waals surface area (Å²) >= 11 is 1.79. The highest BCUT2D eigenvalue weighted by Gasteiger charge is 2.14. The Hall–Kier alpha value is -2.59. The van der Waals surface area contributed by atoms with Gasteiger partial charge in [0, 0.05) is 30.9 Å². The van der Waals surface area contributed by atoms with Crippen LogP contribution in [0.2, 0.25) is 0 Å². The fourth-order valence-electron chi connectivity index (χ4n) is 3.04. The normalized spacial score (nSPS) is 11.5. The van der Waals surface area contributed by atoms with Crippen LogP contribution in [-0.2, 0) is 4.74 Å². The van der Waals surface area contributed by atoms with E-state index in [1.165, 1.54) is 20.2 Å². The van der Waals surface area contributed by atoms with Crippen molar-refractivity contribution in [3.63, 3.8) is 0 Å². The number of hydrogen-bond acceptors (Lipinski definition) is 3. The van der Waals surface area contributed by atoms with E-state index < -0.39 is 6.09 Å². The predicted molar refractivity (Wildman–Crippen MR) is 107 cm³/mol. The van der Waals surface area contributed by atoms with Crippen LogP contribution in [0.5, 0.6) is 0 Å². The van der Waals surface area contributed by atoms with Crippen LogP contribution in [0.4, 0.5) is 10.5 Å². The summed E-state index contributed by atoms with van der Waals surface area (Å²) in [4.78, 5) is 12.2. The van der Waals surface area contributed by atoms with Gasteiger partial charge in [-0.2, -0.15) is 0 Å². The molecule has 1 amide bonds. The fourth-order valence-corrected chi connectivity index (χ4v) is 4.26.